The highest BCUT2D eigenvalue weighted by molar-refractivity contribution is 14.1. The summed E-state index contributed by atoms with van der Waals surface area (Å²) in [5.74, 6) is 6.60. The maximum absolute atomic E-state index is 11.5. The van der Waals surface area contributed by atoms with E-state index in [1.54, 1.807) is 19.1 Å². The maximum Gasteiger partial charge on any atom is 0.411 e. The molecule has 0 spiro atoms. The molecule has 4 nitrogen and oxygen atoms in total. The summed E-state index contributed by atoms with van der Waals surface area (Å²) < 4.78 is 11.3. The van der Waals surface area contributed by atoms with Crippen molar-refractivity contribution in [3.8, 4) is 17.6 Å². The lowest BCUT2D eigenvalue weighted by molar-refractivity contribution is 0.168. The highest BCUT2D eigenvalue weighted by Gasteiger charge is 2.12. The van der Waals surface area contributed by atoms with E-state index in [9.17, 15) is 4.79 Å². The Bertz CT molecular complexity index is 552. The molecule has 0 aliphatic rings. The molecule has 0 heterocycles. The number of hydrogen-bond donors (Lipinski definition) is 1. The van der Waals surface area contributed by atoms with Crippen LogP contribution in [0.3, 0.4) is 0 Å². The molecule has 0 aromatic heterocycles. The van der Waals surface area contributed by atoms with Gasteiger partial charge in [0, 0.05) is 23.9 Å². The molecule has 0 saturated heterocycles. The molecule has 1 N–H and O–H groups in total. The summed E-state index contributed by atoms with van der Waals surface area (Å²) in [4.78, 5) is 11.5. The highest BCUT2D eigenvalue weighted by atomic mass is 127. The zero-order chi connectivity index (χ0) is 15.7. The summed E-state index contributed by atoms with van der Waals surface area (Å²) in [6.07, 6.45) is 0.969. The van der Waals surface area contributed by atoms with E-state index in [2.05, 4.69) is 39.7 Å². The lowest BCUT2D eigenvalue weighted by Gasteiger charge is -2.12. The van der Waals surface area contributed by atoms with Crippen LogP contribution in [0, 0.1) is 15.4 Å². The average Bonchev–Trinajstić information content (AvgIpc) is 2.43. The molecule has 1 amide bonds. The van der Waals surface area contributed by atoms with Crippen molar-refractivity contribution in [1.29, 1.82) is 0 Å². The minimum Gasteiger partial charge on any atom is -0.491 e. The molecular weight excluding hydrogens is 405 g/mol. The van der Waals surface area contributed by atoms with Crippen LogP contribution in [0.25, 0.3) is 0 Å². The molecule has 1 rings (SSSR count). The Labute approximate surface area is 143 Å². The van der Waals surface area contributed by atoms with Crippen LogP contribution < -0.4 is 10.1 Å². The fourth-order valence-electron chi connectivity index (χ4n) is 1.46. The number of anilines is 1. The van der Waals surface area contributed by atoms with Crippen molar-refractivity contribution in [3.63, 3.8) is 0 Å². The highest BCUT2D eigenvalue weighted by Crippen LogP contribution is 2.32. The van der Waals surface area contributed by atoms with Crippen molar-refractivity contribution in [2.24, 2.45) is 0 Å². The second-order valence-corrected chi connectivity index (χ2v) is 5.43. The fraction of sp³-hybridized carbons (Fsp3) is 0.400. The molecule has 0 atom stereocenters. The van der Waals surface area contributed by atoms with Crippen molar-refractivity contribution in [3.05, 3.63) is 20.7 Å². The molecule has 114 valence electrons. The van der Waals surface area contributed by atoms with Gasteiger partial charge < -0.3 is 9.47 Å². The number of carbonyl (C=O) groups excluding carboxylic acids is 1. The third-order valence-corrected chi connectivity index (χ3v) is 3.63. The summed E-state index contributed by atoms with van der Waals surface area (Å²) in [6, 6.07) is 3.37. The van der Waals surface area contributed by atoms with Crippen molar-refractivity contribution in [2.45, 2.75) is 26.7 Å². The first-order valence-electron chi connectivity index (χ1n) is 6.59. The number of carbonyl (C=O) groups is 1. The van der Waals surface area contributed by atoms with Crippen LogP contribution in [0.2, 0.25) is 5.02 Å². The molecule has 0 aliphatic heterocycles. The van der Waals surface area contributed by atoms with Gasteiger partial charge in [0.1, 0.15) is 5.75 Å². The Kier molecular flexibility index (Phi) is 8.31. The first-order chi connectivity index (χ1) is 10.1. The van der Waals surface area contributed by atoms with Crippen LogP contribution in [-0.4, -0.2) is 19.3 Å². The second kappa shape index (κ2) is 9.74. The number of hydrogen-bond acceptors (Lipinski definition) is 3. The van der Waals surface area contributed by atoms with E-state index in [0.29, 0.717) is 36.1 Å². The van der Waals surface area contributed by atoms with Gasteiger partial charge in [0.2, 0.25) is 0 Å². The van der Waals surface area contributed by atoms with Gasteiger partial charge in [-0.1, -0.05) is 24.4 Å². The third-order valence-electron chi connectivity index (χ3n) is 2.30. The van der Waals surface area contributed by atoms with Gasteiger partial charge in [-0.25, -0.2) is 4.79 Å². The molecular formula is C15H17ClINO3. The predicted molar refractivity (Wildman–Crippen MR) is 93.0 cm³/mol. The normalized spacial score (nSPS) is 9.52. The van der Waals surface area contributed by atoms with Crippen LogP contribution in [-0.2, 0) is 4.74 Å². The van der Waals surface area contributed by atoms with E-state index in [0.717, 1.165) is 9.99 Å². The number of nitrogens with one attached hydrogen (secondary N) is 1. The minimum atomic E-state index is -0.516. The van der Waals surface area contributed by atoms with E-state index in [4.69, 9.17) is 21.1 Å². The van der Waals surface area contributed by atoms with Crippen LogP contribution in [0.5, 0.6) is 5.75 Å². The molecule has 6 heteroatoms. The predicted octanol–water partition coefficient (Wildman–Crippen LogP) is 4.70. The van der Waals surface area contributed by atoms with Gasteiger partial charge in [-0.05, 0) is 35.6 Å². The summed E-state index contributed by atoms with van der Waals surface area (Å²) in [6.45, 7) is 4.53. The Morgan fingerprint density at radius 1 is 1.38 bits per heavy atom. The number of amides is 1. The van der Waals surface area contributed by atoms with Gasteiger partial charge in [-0.2, -0.15) is 0 Å². The first kappa shape index (κ1) is 17.9. The fourth-order valence-corrected chi connectivity index (χ4v) is 2.27. The van der Waals surface area contributed by atoms with E-state index in [1.165, 1.54) is 0 Å². The quantitative estimate of drug-likeness (QED) is 0.426. The van der Waals surface area contributed by atoms with Gasteiger partial charge in [0.05, 0.1) is 22.5 Å². The van der Waals surface area contributed by atoms with Crippen molar-refractivity contribution in [1.82, 2.24) is 0 Å². The number of benzene rings is 1. The zero-order valence-electron chi connectivity index (χ0n) is 12.0. The van der Waals surface area contributed by atoms with Gasteiger partial charge in [0.15, 0.2) is 0 Å². The summed E-state index contributed by atoms with van der Waals surface area (Å²) in [5.41, 5.74) is 0.566. The summed E-state index contributed by atoms with van der Waals surface area (Å²) >= 11 is 8.14. The van der Waals surface area contributed by atoms with E-state index >= 15 is 0 Å². The second-order valence-electron chi connectivity index (χ2n) is 3.92. The van der Waals surface area contributed by atoms with E-state index in [1.807, 2.05) is 6.92 Å². The topological polar surface area (TPSA) is 47.6 Å². The average molecular weight is 422 g/mol. The molecule has 0 bridgehead atoms. The van der Waals surface area contributed by atoms with Crippen LogP contribution >= 0.6 is 34.2 Å². The lowest BCUT2D eigenvalue weighted by Crippen LogP contribution is -2.14. The molecule has 0 fully saturated rings. The number of ether oxygens (including phenoxy) is 2. The zero-order valence-corrected chi connectivity index (χ0v) is 14.9. The smallest absolute Gasteiger partial charge is 0.411 e. The lowest BCUT2D eigenvalue weighted by atomic mass is 10.3. The standard InChI is InChI=1S/C15H17ClINO3/c1-3-5-6-7-8-21-13-10-11(16)9-12(14(13)17)18-15(19)20-4-2/h9-10H,3-4,7-8H2,1-2H3,(H,18,19). The minimum absolute atomic E-state index is 0.308. The molecule has 0 saturated carbocycles. The van der Waals surface area contributed by atoms with Crippen molar-refractivity contribution >= 4 is 46.0 Å². The third kappa shape index (κ3) is 6.44. The van der Waals surface area contributed by atoms with Crippen LogP contribution in [0.1, 0.15) is 26.7 Å². The monoisotopic (exact) mass is 421 g/mol. The van der Waals surface area contributed by atoms with Crippen LogP contribution in [0.4, 0.5) is 10.5 Å². The van der Waals surface area contributed by atoms with Gasteiger partial charge >= 0.3 is 6.09 Å². The largest absolute Gasteiger partial charge is 0.491 e. The molecule has 0 aliphatic carbocycles. The molecule has 21 heavy (non-hydrogen) atoms. The van der Waals surface area contributed by atoms with Crippen LogP contribution in [0.15, 0.2) is 12.1 Å². The Morgan fingerprint density at radius 2 is 2.14 bits per heavy atom. The number of rotatable bonds is 5. The Morgan fingerprint density at radius 3 is 2.81 bits per heavy atom. The molecule has 1 aromatic carbocycles. The number of halogens is 2. The first-order valence-corrected chi connectivity index (χ1v) is 8.05. The molecule has 0 radical (unpaired) electrons. The van der Waals surface area contributed by atoms with Gasteiger partial charge in [-0.15, -0.1) is 5.92 Å². The maximum atomic E-state index is 11.5. The molecule has 1 aromatic rings. The SMILES string of the molecule is CCC#CCCOc1cc(Cl)cc(NC(=O)OCC)c1I. The van der Waals surface area contributed by atoms with Crippen molar-refractivity contribution in [2.75, 3.05) is 18.5 Å². The molecule has 0 unspecified atom stereocenters. The van der Waals surface area contributed by atoms with Gasteiger partial charge in [-0.3, -0.25) is 5.32 Å². The van der Waals surface area contributed by atoms with Gasteiger partial charge in [0.25, 0.3) is 0 Å². The summed E-state index contributed by atoms with van der Waals surface area (Å²) in [7, 11) is 0. The van der Waals surface area contributed by atoms with E-state index in [-0.39, 0.29) is 0 Å². The Hall–Kier alpha value is -1.13. The summed E-state index contributed by atoms with van der Waals surface area (Å²) in [5, 5.41) is 3.13. The van der Waals surface area contributed by atoms with Crippen molar-refractivity contribution < 1.29 is 14.3 Å². The Balaban J connectivity index is 2.76. The van der Waals surface area contributed by atoms with E-state index < -0.39 is 6.09 Å².